The van der Waals surface area contributed by atoms with Crippen molar-refractivity contribution in [2.75, 3.05) is 33.4 Å². The maximum Gasteiger partial charge on any atom is 0.409 e. The van der Waals surface area contributed by atoms with E-state index in [1.807, 2.05) is 20.8 Å². The van der Waals surface area contributed by atoms with Crippen LogP contribution < -0.4 is 0 Å². The third-order valence-corrected chi connectivity index (χ3v) is 4.12. The second-order valence-corrected chi connectivity index (χ2v) is 6.99. The highest BCUT2D eigenvalue weighted by Crippen LogP contribution is 2.24. The smallest absolute Gasteiger partial charge is 0.409 e. The van der Waals surface area contributed by atoms with E-state index in [9.17, 15) is 14.4 Å². The van der Waals surface area contributed by atoms with Gasteiger partial charge in [0, 0.05) is 31.1 Å². The van der Waals surface area contributed by atoms with Crippen molar-refractivity contribution < 1.29 is 23.9 Å². The summed E-state index contributed by atoms with van der Waals surface area (Å²) in [4.78, 5) is 39.4. The molecule has 1 aliphatic rings. The topological polar surface area (TPSA) is 76.2 Å². The lowest BCUT2D eigenvalue weighted by molar-refractivity contribution is -0.146. The molecule has 1 heterocycles. The molecule has 0 N–H and O–H groups in total. The summed E-state index contributed by atoms with van der Waals surface area (Å²) in [5, 5.41) is 0. The number of methoxy groups -OCH3 is 1. The molecular formula is C17H30N2O5. The standard InChI is InChI=1S/C17H30N2O5/c1-6-24-16(22)18-10-7-13(8-11-18)19(12-9-14(20)23-5)15(21)17(2,3)4/h13H,6-12H2,1-5H3. The summed E-state index contributed by atoms with van der Waals surface area (Å²) >= 11 is 0. The second-order valence-electron chi connectivity index (χ2n) is 6.99. The third-order valence-electron chi connectivity index (χ3n) is 4.12. The minimum Gasteiger partial charge on any atom is -0.469 e. The Balaban J connectivity index is 2.72. The van der Waals surface area contributed by atoms with E-state index in [0.717, 1.165) is 0 Å². The number of piperidine rings is 1. The van der Waals surface area contributed by atoms with Gasteiger partial charge in [-0.15, -0.1) is 0 Å². The molecule has 0 spiro atoms. The first-order valence-electron chi connectivity index (χ1n) is 8.50. The summed E-state index contributed by atoms with van der Waals surface area (Å²) in [5.41, 5.74) is -0.519. The lowest BCUT2D eigenvalue weighted by Gasteiger charge is -2.40. The van der Waals surface area contributed by atoms with Gasteiger partial charge in [-0.3, -0.25) is 9.59 Å². The van der Waals surface area contributed by atoms with Crippen molar-refractivity contribution in [3.05, 3.63) is 0 Å². The number of carbonyl (C=O) groups excluding carboxylic acids is 3. The first-order valence-corrected chi connectivity index (χ1v) is 8.50. The van der Waals surface area contributed by atoms with Crippen LogP contribution in [0.5, 0.6) is 0 Å². The van der Waals surface area contributed by atoms with Crippen molar-refractivity contribution >= 4 is 18.0 Å². The van der Waals surface area contributed by atoms with Gasteiger partial charge in [-0.05, 0) is 19.8 Å². The van der Waals surface area contributed by atoms with Gasteiger partial charge in [0.2, 0.25) is 5.91 Å². The quantitative estimate of drug-likeness (QED) is 0.715. The molecule has 1 fully saturated rings. The summed E-state index contributed by atoms with van der Waals surface area (Å²) in [6, 6.07) is 0.0204. The monoisotopic (exact) mass is 342 g/mol. The Morgan fingerprint density at radius 3 is 2.21 bits per heavy atom. The lowest BCUT2D eigenvalue weighted by atomic mass is 9.92. The van der Waals surface area contributed by atoms with E-state index in [-0.39, 0.29) is 30.4 Å². The Morgan fingerprint density at radius 2 is 1.75 bits per heavy atom. The maximum atomic E-state index is 12.8. The molecule has 0 unspecified atom stereocenters. The number of nitrogens with zero attached hydrogens (tertiary/aromatic N) is 2. The van der Waals surface area contributed by atoms with Gasteiger partial charge < -0.3 is 19.3 Å². The molecule has 0 radical (unpaired) electrons. The molecule has 0 saturated carbocycles. The minimum absolute atomic E-state index is 0.0148. The molecule has 0 aromatic carbocycles. The molecule has 24 heavy (non-hydrogen) atoms. The largest absolute Gasteiger partial charge is 0.469 e. The van der Waals surface area contributed by atoms with Gasteiger partial charge in [0.15, 0.2) is 0 Å². The Hall–Kier alpha value is -1.79. The van der Waals surface area contributed by atoms with Crippen LogP contribution in [-0.4, -0.2) is 67.2 Å². The number of hydrogen-bond acceptors (Lipinski definition) is 5. The molecule has 0 atom stereocenters. The Labute approximate surface area is 144 Å². The van der Waals surface area contributed by atoms with Crippen LogP contribution in [-0.2, 0) is 19.1 Å². The number of amides is 2. The molecular weight excluding hydrogens is 312 g/mol. The Bertz CT molecular complexity index is 450. The Morgan fingerprint density at radius 1 is 1.17 bits per heavy atom. The van der Waals surface area contributed by atoms with E-state index < -0.39 is 5.41 Å². The highest BCUT2D eigenvalue weighted by atomic mass is 16.6. The number of carbonyl (C=O) groups is 3. The van der Waals surface area contributed by atoms with Crippen LogP contribution in [0.4, 0.5) is 4.79 Å². The fraction of sp³-hybridized carbons (Fsp3) is 0.824. The van der Waals surface area contributed by atoms with Gasteiger partial charge in [-0.25, -0.2) is 4.79 Å². The van der Waals surface area contributed by atoms with Gasteiger partial charge in [-0.2, -0.15) is 0 Å². The second kappa shape index (κ2) is 8.89. The molecule has 0 aromatic heterocycles. The summed E-state index contributed by atoms with van der Waals surface area (Å²) in [6.45, 7) is 9.18. The van der Waals surface area contributed by atoms with Crippen molar-refractivity contribution in [2.45, 2.75) is 53.0 Å². The van der Waals surface area contributed by atoms with Crippen LogP contribution in [0.2, 0.25) is 0 Å². The Kier molecular flexibility index (Phi) is 7.51. The summed E-state index contributed by atoms with van der Waals surface area (Å²) in [5.74, 6) is -0.313. The van der Waals surface area contributed by atoms with Crippen molar-refractivity contribution in [3.8, 4) is 0 Å². The zero-order valence-corrected chi connectivity index (χ0v) is 15.5. The van der Waals surface area contributed by atoms with Crippen molar-refractivity contribution in [1.82, 2.24) is 9.80 Å². The van der Waals surface area contributed by atoms with Crippen molar-refractivity contribution in [2.24, 2.45) is 5.41 Å². The van der Waals surface area contributed by atoms with Gasteiger partial charge >= 0.3 is 12.1 Å². The van der Waals surface area contributed by atoms with Gasteiger partial charge in [0.05, 0.1) is 20.1 Å². The first-order chi connectivity index (χ1) is 11.2. The van der Waals surface area contributed by atoms with Crippen LogP contribution in [0.1, 0.15) is 47.0 Å². The van der Waals surface area contributed by atoms with Crippen LogP contribution in [0, 0.1) is 5.41 Å². The normalized spacial score (nSPS) is 15.8. The van der Waals surface area contributed by atoms with E-state index in [0.29, 0.717) is 39.1 Å². The number of rotatable bonds is 5. The van der Waals surface area contributed by atoms with E-state index in [1.165, 1.54) is 7.11 Å². The number of esters is 1. The summed E-state index contributed by atoms with van der Waals surface area (Å²) in [7, 11) is 1.34. The molecule has 138 valence electrons. The number of hydrogen-bond donors (Lipinski definition) is 0. The van der Waals surface area contributed by atoms with Crippen LogP contribution >= 0.6 is 0 Å². The predicted molar refractivity (Wildman–Crippen MR) is 89.4 cm³/mol. The molecule has 1 rings (SSSR count). The van der Waals surface area contributed by atoms with Crippen molar-refractivity contribution in [3.63, 3.8) is 0 Å². The zero-order valence-electron chi connectivity index (χ0n) is 15.5. The molecule has 1 aliphatic heterocycles. The fourth-order valence-electron chi connectivity index (χ4n) is 2.77. The van der Waals surface area contributed by atoms with E-state index in [4.69, 9.17) is 4.74 Å². The molecule has 7 nitrogen and oxygen atoms in total. The van der Waals surface area contributed by atoms with E-state index in [1.54, 1.807) is 16.7 Å². The highest BCUT2D eigenvalue weighted by molar-refractivity contribution is 5.82. The lowest BCUT2D eigenvalue weighted by Crippen LogP contribution is -2.52. The number of ether oxygens (including phenoxy) is 2. The highest BCUT2D eigenvalue weighted by Gasteiger charge is 2.35. The average molecular weight is 342 g/mol. The van der Waals surface area contributed by atoms with Gasteiger partial charge in [0.25, 0.3) is 0 Å². The van der Waals surface area contributed by atoms with Crippen molar-refractivity contribution in [1.29, 1.82) is 0 Å². The molecule has 0 bridgehead atoms. The molecule has 2 amide bonds. The van der Waals surface area contributed by atoms with E-state index in [2.05, 4.69) is 4.74 Å². The van der Waals surface area contributed by atoms with E-state index >= 15 is 0 Å². The van der Waals surface area contributed by atoms with Gasteiger partial charge in [0.1, 0.15) is 0 Å². The minimum atomic E-state index is -0.519. The maximum absolute atomic E-state index is 12.8. The predicted octanol–water partition coefficient (Wildman–Crippen LogP) is 2.05. The molecule has 0 aromatic rings. The van der Waals surface area contributed by atoms with Crippen LogP contribution in [0.25, 0.3) is 0 Å². The van der Waals surface area contributed by atoms with Crippen LogP contribution in [0.15, 0.2) is 0 Å². The summed E-state index contributed by atoms with van der Waals surface area (Å²) in [6.07, 6.45) is 1.24. The third kappa shape index (κ3) is 5.69. The van der Waals surface area contributed by atoms with Gasteiger partial charge in [-0.1, -0.05) is 20.8 Å². The average Bonchev–Trinajstić information content (AvgIpc) is 2.54. The number of likely N-dealkylation sites (tertiary alicyclic amines) is 1. The molecule has 1 saturated heterocycles. The molecule has 7 heteroatoms. The van der Waals surface area contributed by atoms with Crippen LogP contribution in [0.3, 0.4) is 0 Å². The zero-order chi connectivity index (χ0) is 18.3. The molecule has 0 aliphatic carbocycles. The SMILES string of the molecule is CCOC(=O)N1CCC(N(CCC(=O)OC)C(=O)C(C)(C)C)CC1. The first kappa shape index (κ1) is 20.3. The summed E-state index contributed by atoms with van der Waals surface area (Å²) < 4.78 is 9.70. The fourth-order valence-corrected chi connectivity index (χ4v) is 2.77.